The lowest BCUT2D eigenvalue weighted by atomic mass is 10.3. The Morgan fingerprint density at radius 3 is 2.00 bits per heavy atom. The van der Waals surface area contributed by atoms with E-state index in [0.717, 1.165) is 11.0 Å². The molecular weight excluding hydrogens is 208 g/mol. The van der Waals surface area contributed by atoms with Crippen LogP contribution < -0.4 is 5.14 Å². The van der Waals surface area contributed by atoms with E-state index in [4.69, 9.17) is 5.14 Å². The van der Waals surface area contributed by atoms with Gasteiger partial charge in [-0.1, -0.05) is 12.1 Å². The lowest BCUT2D eigenvalue weighted by molar-refractivity contribution is 0.877. The third-order valence-corrected chi connectivity index (χ3v) is 4.55. The molecule has 2 N–H and O–H groups in total. The highest BCUT2D eigenvalue weighted by molar-refractivity contribution is 8.26. The molecule has 0 aliphatic heterocycles. The minimum absolute atomic E-state index is 0.878. The average molecular weight is 222 g/mol. The number of hydrogen-bond acceptors (Lipinski definition) is 3. The molecule has 0 saturated heterocycles. The topological polar surface area (TPSA) is 56.7 Å². The molecule has 0 aliphatic rings. The summed E-state index contributed by atoms with van der Waals surface area (Å²) in [7, 11) is -1.61. The van der Waals surface area contributed by atoms with Crippen LogP contribution in [0.15, 0.2) is 24.3 Å². The van der Waals surface area contributed by atoms with Crippen LogP contribution in [0, 0.1) is 0 Å². The van der Waals surface area contributed by atoms with Crippen LogP contribution in [0.25, 0.3) is 11.0 Å². The third kappa shape index (κ3) is 1.64. The second-order valence-corrected chi connectivity index (χ2v) is 5.86. The van der Waals surface area contributed by atoms with E-state index in [9.17, 15) is 0 Å². The lowest BCUT2D eigenvalue weighted by Gasteiger charge is -2.08. The highest BCUT2D eigenvalue weighted by Crippen LogP contribution is 2.16. The number of fused-ring (bicyclic) bond motifs is 1. The van der Waals surface area contributed by atoms with Gasteiger partial charge in [-0.05, 0) is 46.3 Å². The van der Waals surface area contributed by atoms with E-state index < -0.39 is 9.58 Å². The van der Waals surface area contributed by atoms with Crippen LogP contribution in [0.1, 0.15) is 13.8 Å². The Labute approximate surface area is 89.4 Å². The molecule has 15 heavy (non-hydrogen) atoms. The SMILES string of the molecule is CC=S(N)(=CC)n1nc2ccccc2n1. The number of hydrogen-bond donors (Lipinski definition) is 1. The molecular formula is C10H14N4S. The summed E-state index contributed by atoms with van der Waals surface area (Å²) in [6.45, 7) is 3.87. The zero-order valence-electron chi connectivity index (χ0n) is 8.79. The van der Waals surface area contributed by atoms with Crippen molar-refractivity contribution in [2.45, 2.75) is 13.8 Å². The summed E-state index contributed by atoms with van der Waals surface area (Å²) >= 11 is 0. The first-order chi connectivity index (χ1) is 7.19. The first-order valence-electron chi connectivity index (χ1n) is 4.72. The van der Waals surface area contributed by atoms with Gasteiger partial charge in [0.25, 0.3) is 0 Å². The van der Waals surface area contributed by atoms with Crippen LogP contribution in [0.5, 0.6) is 0 Å². The molecule has 0 bridgehead atoms. The Morgan fingerprint density at radius 1 is 1.13 bits per heavy atom. The minimum atomic E-state index is -1.61. The van der Waals surface area contributed by atoms with E-state index >= 15 is 0 Å². The van der Waals surface area contributed by atoms with Crippen LogP contribution in [-0.2, 0) is 0 Å². The zero-order chi connectivity index (χ0) is 10.9. The largest absolute Gasteiger partial charge is 0.270 e. The van der Waals surface area contributed by atoms with Crippen LogP contribution >= 0.6 is 9.58 Å². The van der Waals surface area contributed by atoms with Gasteiger partial charge in [-0.25, -0.2) is 0 Å². The van der Waals surface area contributed by atoms with Crippen molar-refractivity contribution < 1.29 is 0 Å². The fourth-order valence-corrected chi connectivity index (χ4v) is 2.41. The van der Waals surface area contributed by atoms with Crippen LogP contribution in [0.4, 0.5) is 0 Å². The average Bonchev–Trinajstić information content (AvgIpc) is 2.72. The molecule has 0 aliphatic carbocycles. The van der Waals surface area contributed by atoms with Gasteiger partial charge in [0.05, 0.1) is 0 Å². The molecule has 1 heterocycles. The summed E-state index contributed by atoms with van der Waals surface area (Å²) in [5.74, 6) is 0. The van der Waals surface area contributed by atoms with Gasteiger partial charge >= 0.3 is 0 Å². The molecule has 5 heteroatoms. The Hall–Kier alpha value is -1.33. The maximum absolute atomic E-state index is 6.19. The van der Waals surface area contributed by atoms with Crippen molar-refractivity contribution in [3.05, 3.63) is 24.3 Å². The Kier molecular flexibility index (Phi) is 2.50. The summed E-state index contributed by atoms with van der Waals surface area (Å²) in [6.07, 6.45) is 0. The maximum Gasteiger partial charge on any atom is 0.114 e. The molecule has 0 spiro atoms. The van der Waals surface area contributed by atoms with Gasteiger partial charge in [0.2, 0.25) is 0 Å². The molecule has 1 aromatic heterocycles. The van der Waals surface area contributed by atoms with Crippen molar-refractivity contribution in [1.82, 2.24) is 14.4 Å². The van der Waals surface area contributed by atoms with Gasteiger partial charge in [-0.3, -0.25) is 5.14 Å². The van der Waals surface area contributed by atoms with Gasteiger partial charge in [0.1, 0.15) is 11.0 Å². The molecule has 0 saturated carbocycles. The number of nitrogens with two attached hydrogens (primary N) is 1. The summed E-state index contributed by atoms with van der Waals surface area (Å²) in [4.78, 5) is 0. The van der Waals surface area contributed by atoms with Gasteiger partial charge in [-0.15, -0.1) is 14.4 Å². The van der Waals surface area contributed by atoms with Crippen LogP contribution in [0.2, 0.25) is 0 Å². The molecule has 80 valence electrons. The molecule has 0 fully saturated rings. The third-order valence-electron chi connectivity index (χ3n) is 2.31. The zero-order valence-corrected chi connectivity index (χ0v) is 9.61. The normalized spacial score (nSPS) is 11.7. The number of aromatic nitrogens is 3. The van der Waals surface area contributed by atoms with Crippen LogP contribution in [0.3, 0.4) is 0 Å². The van der Waals surface area contributed by atoms with E-state index in [0.29, 0.717) is 0 Å². The molecule has 4 nitrogen and oxygen atoms in total. The smallest absolute Gasteiger partial charge is 0.114 e. The summed E-state index contributed by atoms with van der Waals surface area (Å²) in [5, 5.41) is 18.9. The molecule has 0 atom stereocenters. The Bertz CT molecular complexity index is 556. The van der Waals surface area contributed by atoms with Gasteiger partial charge < -0.3 is 0 Å². The van der Waals surface area contributed by atoms with Crippen LogP contribution in [-0.4, -0.2) is 25.1 Å². The maximum atomic E-state index is 6.19. The van der Waals surface area contributed by atoms with E-state index in [-0.39, 0.29) is 0 Å². The second-order valence-electron chi connectivity index (χ2n) is 3.14. The second kappa shape index (κ2) is 3.67. The molecule has 0 amide bonds. The van der Waals surface area contributed by atoms with Gasteiger partial charge in [0.15, 0.2) is 0 Å². The van der Waals surface area contributed by atoms with E-state index in [1.807, 2.05) is 48.8 Å². The van der Waals surface area contributed by atoms with Gasteiger partial charge in [-0.2, -0.15) is 0 Å². The van der Waals surface area contributed by atoms with Crippen molar-refractivity contribution in [2.75, 3.05) is 0 Å². The van der Waals surface area contributed by atoms with E-state index in [1.54, 1.807) is 4.20 Å². The van der Waals surface area contributed by atoms with E-state index in [1.165, 1.54) is 0 Å². The monoisotopic (exact) mass is 222 g/mol. The predicted octanol–water partition coefficient (Wildman–Crippen LogP) is 1.52. The summed E-state index contributed by atoms with van der Waals surface area (Å²) in [6, 6.07) is 7.76. The first kappa shape index (κ1) is 10.2. The number of rotatable bonds is 1. The summed E-state index contributed by atoms with van der Waals surface area (Å²) < 4.78 is 1.62. The van der Waals surface area contributed by atoms with Crippen molar-refractivity contribution in [1.29, 1.82) is 0 Å². The molecule has 0 unspecified atom stereocenters. The number of nitrogens with zero attached hydrogens (tertiary/aromatic N) is 3. The highest BCUT2D eigenvalue weighted by atomic mass is 32.2. The van der Waals surface area contributed by atoms with Crippen molar-refractivity contribution in [2.24, 2.45) is 5.14 Å². The molecule has 2 rings (SSSR count). The molecule has 0 radical (unpaired) electrons. The fourth-order valence-electron chi connectivity index (χ4n) is 1.31. The lowest BCUT2D eigenvalue weighted by Crippen LogP contribution is -2.10. The van der Waals surface area contributed by atoms with Gasteiger partial charge in [0, 0.05) is 0 Å². The highest BCUT2D eigenvalue weighted by Gasteiger charge is 2.04. The van der Waals surface area contributed by atoms with Crippen molar-refractivity contribution in [3.8, 4) is 0 Å². The van der Waals surface area contributed by atoms with E-state index in [2.05, 4.69) is 10.2 Å². The summed E-state index contributed by atoms with van der Waals surface area (Å²) in [5.41, 5.74) is 1.76. The predicted molar refractivity (Wildman–Crippen MR) is 68.2 cm³/mol. The first-order valence-corrected chi connectivity index (χ1v) is 6.50. The van der Waals surface area contributed by atoms with Crippen molar-refractivity contribution >= 4 is 31.3 Å². The fraction of sp³-hybridized carbons (Fsp3) is 0.200. The molecule has 2 aromatic rings. The Morgan fingerprint density at radius 2 is 1.60 bits per heavy atom. The number of benzene rings is 1. The van der Waals surface area contributed by atoms with Crippen molar-refractivity contribution in [3.63, 3.8) is 0 Å². The molecule has 1 aromatic carbocycles. The Balaban J connectivity index is 2.75. The quantitative estimate of drug-likeness (QED) is 0.744. The minimum Gasteiger partial charge on any atom is -0.270 e. The standard InChI is InChI=1S/C10H14N4S/c1-3-15(11,4-2)14-12-9-7-5-6-8-10(9)13-14/h3-8H,11H2,1-2H3.